The second-order valence-electron chi connectivity index (χ2n) is 4.67. The molecule has 2 rings (SSSR count). The number of nitrogens with two attached hydrogens (primary N) is 1. The molecule has 98 valence electrons. The van der Waals surface area contributed by atoms with E-state index in [1.807, 2.05) is 61.5 Å². The van der Waals surface area contributed by atoms with E-state index < -0.39 is 0 Å². The van der Waals surface area contributed by atoms with Gasteiger partial charge in [-0.25, -0.2) is 0 Å². The molecule has 1 atom stereocenters. The molecule has 19 heavy (non-hydrogen) atoms. The van der Waals surface area contributed by atoms with Crippen molar-refractivity contribution in [2.24, 2.45) is 5.73 Å². The summed E-state index contributed by atoms with van der Waals surface area (Å²) in [5.41, 5.74) is 9.18. The summed E-state index contributed by atoms with van der Waals surface area (Å²) in [7, 11) is 0. The largest absolute Gasteiger partial charge is 0.489 e. The van der Waals surface area contributed by atoms with Crippen LogP contribution in [0.25, 0.3) is 0 Å². The lowest BCUT2D eigenvalue weighted by Crippen LogP contribution is -2.10. The molecule has 2 N–H and O–H groups in total. The summed E-state index contributed by atoms with van der Waals surface area (Å²) in [6.45, 7) is 6.38. The lowest BCUT2D eigenvalue weighted by molar-refractivity contribution is 0.306. The first-order valence-corrected chi connectivity index (χ1v) is 6.34. The lowest BCUT2D eigenvalue weighted by Gasteiger charge is -2.13. The Morgan fingerprint density at radius 1 is 1.16 bits per heavy atom. The van der Waals surface area contributed by atoms with Crippen LogP contribution >= 0.6 is 0 Å². The maximum atomic E-state index is 6.06. The van der Waals surface area contributed by atoms with E-state index in [1.165, 1.54) is 0 Å². The van der Waals surface area contributed by atoms with E-state index in [2.05, 4.69) is 6.58 Å². The fraction of sp³-hybridized carbons (Fsp3) is 0.176. The third-order valence-electron chi connectivity index (χ3n) is 3.00. The third kappa shape index (κ3) is 3.70. The van der Waals surface area contributed by atoms with Crippen molar-refractivity contribution in [3.8, 4) is 5.75 Å². The van der Waals surface area contributed by atoms with Crippen molar-refractivity contribution in [3.05, 3.63) is 77.9 Å². The Bertz CT molecular complexity index is 548. The molecule has 2 nitrogen and oxygen atoms in total. The Hall–Kier alpha value is -2.06. The fourth-order valence-corrected chi connectivity index (χ4v) is 1.82. The molecule has 0 fully saturated rings. The standard InChI is InChI=1S/C17H19NO/c1-13(2)17(18)15-9-6-10-16(11-15)19-12-14-7-4-3-5-8-14/h3-11,17H,1,12,18H2,2H3. The zero-order valence-electron chi connectivity index (χ0n) is 11.2. The van der Waals surface area contributed by atoms with Crippen molar-refractivity contribution in [2.75, 3.05) is 0 Å². The predicted octanol–water partition coefficient (Wildman–Crippen LogP) is 3.84. The first-order valence-electron chi connectivity index (χ1n) is 6.34. The van der Waals surface area contributed by atoms with Gasteiger partial charge in [-0.1, -0.05) is 54.6 Å². The maximum Gasteiger partial charge on any atom is 0.120 e. The molecule has 0 saturated carbocycles. The van der Waals surface area contributed by atoms with Crippen LogP contribution in [-0.4, -0.2) is 0 Å². The van der Waals surface area contributed by atoms with E-state index in [9.17, 15) is 0 Å². The van der Waals surface area contributed by atoms with Gasteiger partial charge < -0.3 is 10.5 Å². The molecule has 0 aliphatic rings. The second-order valence-corrected chi connectivity index (χ2v) is 4.67. The van der Waals surface area contributed by atoms with Crippen LogP contribution in [0.5, 0.6) is 5.75 Å². The van der Waals surface area contributed by atoms with Crippen molar-refractivity contribution in [1.29, 1.82) is 0 Å². The minimum atomic E-state index is -0.139. The molecule has 1 unspecified atom stereocenters. The Labute approximate surface area is 114 Å². The average Bonchev–Trinajstić information content (AvgIpc) is 2.45. The Kier molecular flexibility index (Phi) is 4.37. The Balaban J connectivity index is 2.05. The predicted molar refractivity (Wildman–Crippen MR) is 79.0 cm³/mol. The molecule has 2 aromatic rings. The summed E-state index contributed by atoms with van der Waals surface area (Å²) in [5.74, 6) is 0.832. The van der Waals surface area contributed by atoms with Crippen molar-refractivity contribution < 1.29 is 4.74 Å². The number of ether oxygens (including phenoxy) is 1. The Morgan fingerprint density at radius 3 is 2.58 bits per heavy atom. The van der Waals surface area contributed by atoms with Crippen molar-refractivity contribution >= 4 is 0 Å². The molecule has 0 radical (unpaired) electrons. The number of hydrogen-bond donors (Lipinski definition) is 1. The zero-order chi connectivity index (χ0) is 13.7. The van der Waals surface area contributed by atoms with Gasteiger partial charge in [0, 0.05) is 0 Å². The van der Waals surface area contributed by atoms with Gasteiger partial charge in [-0.15, -0.1) is 0 Å². The molecular formula is C17H19NO. The minimum Gasteiger partial charge on any atom is -0.489 e. The van der Waals surface area contributed by atoms with Gasteiger partial charge in [0.25, 0.3) is 0 Å². The van der Waals surface area contributed by atoms with Crippen LogP contribution < -0.4 is 10.5 Å². The number of rotatable bonds is 5. The van der Waals surface area contributed by atoms with Gasteiger partial charge in [0.05, 0.1) is 6.04 Å². The van der Waals surface area contributed by atoms with E-state index in [0.717, 1.165) is 22.4 Å². The minimum absolute atomic E-state index is 0.139. The van der Waals surface area contributed by atoms with E-state index in [4.69, 9.17) is 10.5 Å². The molecule has 0 spiro atoms. The number of hydrogen-bond acceptors (Lipinski definition) is 2. The van der Waals surface area contributed by atoms with E-state index in [-0.39, 0.29) is 6.04 Å². The van der Waals surface area contributed by atoms with Gasteiger partial charge >= 0.3 is 0 Å². The van der Waals surface area contributed by atoms with Crippen molar-refractivity contribution in [2.45, 2.75) is 19.6 Å². The summed E-state index contributed by atoms with van der Waals surface area (Å²) < 4.78 is 5.78. The smallest absolute Gasteiger partial charge is 0.120 e. The zero-order valence-corrected chi connectivity index (χ0v) is 11.2. The molecule has 0 amide bonds. The maximum absolute atomic E-state index is 6.06. The second kappa shape index (κ2) is 6.21. The Morgan fingerprint density at radius 2 is 1.89 bits per heavy atom. The highest BCUT2D eigenvalue weighted by Gasteiger charge is 2.07. The highest BCUT2D eigenvalue weighted by molar-refractivity contribution is 5.33. The van der Waals surface area contributed by atoms with Gasteiger partial charge in [-0.05, 0) is 30.2 Å². The van der Waals surface area contributed by atoms with Crippen LogP contribution in [0, 0.1) is 0 Å². The van der Waals surface area contributed by atoms with Gasteiger partial charge in [-0.3, -0.25) is 0 Å². The molecule has 0 aliphatic carbocycles. The van der Waals surface area contributed by atoms with Gasteiger partial charge in [0.1, 0.15) is 12.4 Å². The van der Waals surface area contributed by atoms with Gasteiger partial charge in [0.2, 0.25) is 0 Å². The van der Waals surface area contributed by atoms with Crippen LogP contribution in [0.3, 0.4) is 0 Å². The summed E-state index contributed by atoms with van der Waals surface area (Å²) in [4.78, 5) is 0. The first-order chi connectivity index (χ1) is 9.16. The molecule has 0 aromatic heterocycles. The highest BCUT2D eigenvalue weighted by atomic mass is 16.5. The summed E-state index contributed by atoms with van der Waals surface area (Å²) in [6, 6.07) is 17.8. The van der Waals surface area contributed by atoms with Crippen LogP contribution in [0.2, 0.25) is 0 Å². The molecule has 2 aromatic carbocycles. The summed E-state index contributed by atoms with van der Waals surface area (Å²) in [6.07, 6.45) is 0. The lowest BCUT2D eigenvalue weighted by atomic mass is 10.0. The van der Waals surface area contributed by atoms with Crippen molar-refractivity contribution in [3.63, 3.8) is 0 Å². The quantitative estimate of drug-likeness (QED) is 0.822. The van der Waals surface area contributed by atoms with E-state index >= 15 is 0 Å². The highest BCUT2D eigenvalue weighted by Crippen LogP contribution is 2.22. The monoisotopic (exact) mass is 253 g/mol. The molecule has 2 heteroatoms. The molecule has 0 aliphatic heterocycles. The SMILES string of the molecule is C=C(C)C(N)c1cccc(OCc2ccccc2)c1. The van der Waals surface area contributed by atoms with Crippen molar-refractivity contribution in [1.82, 2.24) is 0 Å². The van der Waals surface area contributed by atoms with Gasteiger partial charge in [-0.2, -0.15) is 0 Å². The van der Waals surface area contributed by atoms with Crippen LogP contribution in [0.1, 0.15) is 24.1 Å². The van der Waals surface area contributed by atoms with Crippen LogP contribution in [-0.2, 0) is 6.61 Å². The van der Waals surface area contributed by atoms with Crippen LogP contribution in [0.4, 0.5) is 0 Å². The van der Waals surface area contributed by atoms with Gasteiger partial charge in [0.15, 0.2) is 0 Å². The first kappa shape index (κ1) is 13.4. The average molecular weight is 253 g/mol. The third-order valence-corrected chi connectivity index (χ3v) is 3.00. The van der Waals surface area contributed by atoms with Crippen LogP contribution in [0.15, 0.2) is 66.7 Å². The molecular weight excluding hydrogens is 234 g/mol. The van der Waals surface area contributed by atoms with E-state index in [0.29, 0.717) is 6.61 Å². The fourth-order valence-electron chi connectivity index (χ4n) is 1.82. The topological polar surface area (TPSA) is 35.2 Å². The summed E-state index contributed by atoms with van der Waals surface area (Å²) >= 11 is 0. The summed E-state index contributed by atoms with van der Waals surface area (Å²) in [5, 5.41) is 0. The van der Waals surface area contributed by atoms with E-state index in [1.54, 1.807) is 0 Å². The normalized spacial score (nSPS) is 11.9. The molecule has 0 bridgehead atoms. The molecule has 0 saturated heterocycles. The number of benzene rings is 2. The molecule has 0 heterocycles.